The lowest BCUT2D eigenvalue weighted by Crippen LogP contribution is -2.37. The third kappa shape index (κ3) is 3.32. The predicted molar refractivity (Wildman–Crippen MR) is 52.5 cm³/mol. The van der Waals surface area contributed by atoms with Crippen LogP contribution in [0.1, 0.15) is 6.42 Å². The molecule has 0 aromatic rings. The molecule has 1 rings (SSSR count). The number of rotatable bonds is 4. The SMILES string of the molecule is CNC1CCN(CC(=O)NCC#N)C1. The Hall–Kier alpha value is -1.12. The molecule has 1 aliphatic heterocycles. The average Bonchev–Trinajstić information content (AvgIpc) is 2.62. The third-order valence-corrected chi connectivity index (χ3v) is 2.41. The molecule has 0 aromatic carbocycles. The van der Waals surface area contributed by atoms with Gasteiger partial charge in [-0.3, -0.25) is 9.69 Å². The Kier molecular flexibility index (Phi) is 4.36. The summed E-state index contributed by atoms with van der Waals surface area (Å²) in [6.07, 6.45) is 1.09. The Balaban J connectivity index is 2.19. The van der Waals surface area contributed by atoms with Crippen LogP contribution >= 0.6 is 0 Å². The van der Waals surface area contributed by atoms with E-state index in [2.05, 4.69) is 15.5 Å². The van der Waals surface area contributed by atoms with Gasteiger partial charge in [-0.05, 0) is 13.5 Å². The highest BCUT2D eigenvalue weighted by Crippen LogP contribution is 2.07. The quantitative estimate of drug-likeness (QED) is 0.561. The van der Waals surface area contributed by atoms with E-state index in [0.29, 0.717) is 12.6 Å². The Morgan fingerprint density at radius 2 is 2.50 bits per heavy atom. The van der Waals surface area contributed by atoms with E-state index in [4.69, 9.17) is 5.26 Å². The minimum atomic E-state index is -0.0664. The number of likely N-dealkylation sites (tertiary alicyclic amines) is 1. The molecule has 1 atom stereocenters. The Morgan fingerprint density at radius 1 is 1.71 bits per heavy atom. The number of hydrogen-bond acceptors (Lipinski definition) is 4. The molecule has 0 radical (unpaired) electrons. The second-order valence-electron chi connectivity index (χ2n) is 3.44. The summed E-state index contributed by atoms with van der Waals surface area (Å²) in [5.41, 5.74) is 0. The third-order valence-electron chi connectivity index (χ3n) is 2.41. The fourth-order valence-corrected chi connectivity index (χ4v) is 1.61. The largest absolute Gasteiger partial charge is 0.342 e. The van der Waals surface area contributed by atoms with Crippen molar-refractivity contribution in [2.75, 3.05) is 33.2 Å². The van der Waals surface area contributed by atoms with Crippen LogP contribution in [0.3, 0.4) is 0 Å². The summed E-state index contributed by atoms with van der Waals surface area (Å²) in [7, 11) is 1.93. The molecule has 0 spiro atoms. The van der Waals surface area contributed by atoms with Crippen molar-refractivity contribution in [2.45, 2.75) is 12.5 Å². The van der Waals surface area contributed by atoms with Crippen molar-refractivity contribution >= 4 is 5.91 Å². The molecule has 1 heterocycles. The smallest absolute Gasteiger partial charge is 0.235 e. The summed E-state index contributed by atoms with van der Waals surface area (Å²) >= 11 is 0. The number of nitrogens with one attached hydrogen (secondary N) is 2. The van der Waals surface area contributed by atoms with Gasteiger partial charge in [-0.1, -0.05) is 0 Å². The number of carbonyl (C=O) groups is 1. The lowest BCUT2D eigenvalue weighted by molar-refractivity contribution is -0.121. The standard InChI is InChI=1S/C9H16N4O/c1-11-8-2-5-13(6-8)7-9(14)12-4-3-10/h8,11H,2,4-7H2,1H3,(H,12,14). The summed E-state index contributed by atoms with van der Waals surface area (Å²) in [4.78, 5) is 13.3. The van der Waals surface area contributed by atoms with Crippen molar-refractivity contribution in [3.8, 4) is 6.07 Å². The zero-order valence-electron chi connectivity index (χ0n) is 8.42. The van der Waals surface area contributed by atoms with Crippen LogP contribution in [0.2, 0.25) is 0 Å². The zero-order valence-corrected chi connectivity index (χ0v) is 8.42. The van der Waals surface area contributed by atoms with Gasteiger partial charge in [0.25, 0.3) is 0 Å². The molecule has 0 aliphatic carbocycles. The molecular weight excluding hydrogens is 180 g/mol. The van der Waals surface area contributed by atoms with E-state index in [-0.39, 0.29) is 12.5 Å². The lowest BCUT2D eigenvalue weighted by Gasteiger charge is -2.14. The van der Waals surface area contributed by atoms with Gasteiger partial charge in [0.15, 0.2) is 0 Å². The van der Waals surface area contributed by atoms with Gasteiger partial charge in [0.1, 0.15) is 6.54 Å². The van der Waals surface area contributed by atoms with E-state index in [1.807, 2.05) is 13.1 Å². The van der Waals surface area contributed by atoms with Crippen LogP contribution in [-0.2, 0) is 4.79 Å². The highest BCUT2D eigenvalue weighted by molar-refractivity contribution is 5.78. The number of hydrogen-bond donors (Lipinski definition) is 2. The maximum Gasteiger partial charge on any atom is 0.235 e. The van der Waals surface area contributed by atoms with Gasteiger partial charge in [0.05, 0.1) is 12.6 Å². The first-order valence-electron chi connectivity index (χ1n) is 4.79. The monoisotopic (exact) mass is 196 g/mol. The first-order chi connectivity index (χ1) is 6.76. The number of nitriles is 1. The van der Waals surface area contributed by atoms with Crippen LogP contribution in [0, 0.1) is 11.3 Å². The highest BCUT2D eigenvalue weighted by Gasteiger charge is 2.22. The lowest BCUT2D eigenvalue weighted by atomic mass is 10.3. The predicted octanol–water partition coefficient (Wildman–Crippen LogP) is -1.08. The van der Waals surface area contributed by atoms with Gasteiger partial charge in [0.2, 0.25) is 5.91 Å². The molecule has 5 heteroatoms. The molecule has 14 heavy (non-hydrogen) atoms. The van der Waals surface area contributed by atoms with E-state index >= 15 is 0 Å². The van der Waals surface area contributed by atoms with Gasteiger partial charge < -0.3 is 10.6 Å². The van der Waals surface area contributed by atoms with E-state index in [1.54, 1.807) is 0 Å². The molecule has 0 aromatic heterocycles. The summed E-state index contributed by atoms with van der Waals surface area (Å²) < 4.78 is 0. The Bertz CT molecular complexity index is 235. The number of likely N-dealkylation sites (N-methyl/N-ethyl adjacent to an activating group) is 1. The van der Waals surface area contributed by atoms with Gasteiger partial charge >= 0.3 is 0 Å². The first kappa shape index (κ1) is 11.0. The molecule has 78 valence electrons. The van der Waals surface area contributed by atoms with Gasteiger partial charge in [-0.2, -0.15) is 5.26 Å². The normalized spacial score (nSPS) is 21.9. The van der Waals surface area contributed by atoms with Gasteiger partial charge in [0, 0.05) is 19.1 Å². The molecule has 0 saturated carbocycles. The summed E-state index contributed by atoms with van der Waals surface area (Å²) in [5, 5.41) is 14.0. The molecule has 5 nitrogen and oxygen atoms in total. The molecular formula is C9H16N4O. The van der Waals surface area contributed by atoms with Crippen LogP contribution in [0.25, 0.3) is 0 Å². The fraction of sp³-hybridized carbons (Fsp3) is 0.778. The number of amides is 1. The van der Waals surface area contributed by atoms with Gasteiger partial charge in [-0.25, -0.2) is 0 Å². The maximum absolute atomic E-state index is 11.2. The van der Waals surface area contributed by atoms with E-state index < -0.39 is 0 Å². The minimum Gasteiger partial charge on any atom is -0.342 e. The van der Waals surface area contributed by atoms with Crippen molar-refractivity contribution in [3.63, 3.8) is 0 Å². The van der Waals surface area contributed by atoms with E-state index in [1.165, 1.54) is 0 Å². The molecule has 1 saturated heterocycles. The number of carbonyl (C=O) groups excluding carboxylic acids is 1. The topological polar surface area (TPSA) is 68.2 Å². The molecule has 1 fully saturated rings. The maximum atomic E-state index is 11.2. The average molecular weight is 196 g/mol. The van der Waals surface area contributed by atoms with Crippen LogP contribution in [0.4, 0.5) is 0 Å². The summed E-state index contributed by atoms with van der Waals surface area (Å²) in [6.45, 7) is 2.37. The zero-order chi connectivity index (χ0) is 10.4. The summed E-state index contributed by atoms with van der Waals surface area (Å²) in [6, 6.07) is 2.38. The second kappa shape index (κ2) is 5.58. The molecule has 1 unspecified atom stereocenters. The first-order valence-corrected chi connectivity index (χ1v) is 4.79. The fourth-order valence-electron chi connectivity index (χ4n) is 1.61. The molecule has 0 bridgehead atoms. The number of nitrogens with zero attached hydrogens (tertiary/aromatic N) is 2. The molecule has 2 N–H and O–H groups in total. The molecule has 1 aliphatic rings. The van der Waals surface area contributed by atoms with Crippen molar-refractivity contribution in [1.82, 2.24) is 15.5 Å². The van der Waals surface area contributed by atoms with Crippen LogP contribution in [0.5, 0.6) is 0 Å². The van der Waals surface area contributed by atoms with Crippen molar-refractivity contribution in [1.29, 1.82) is 5.26 Å². The van der Waals surface area contributed by atoms with Crippen molar-refractivity contribution < 1.29 is 4.79 Å². The molecule has 1 amide bonds. The van der Waals surface area contributed by atoms with E-state index in [0.717, 1.165) is 19.5 Å². The Morgan fingerprint density at radius 3 is 3.07 bits per heavy atom. The van der Waals surface area contributed by atoms with Crippen LogP contribution < -0.4 is 10.6 Å². The Labute approximate surface area is 84.1 Å². The van der Waals surface area contributed by atoms with E-state index in [9.17, 15) is 4.79 Å². The van der Waals surface area contributed by atoms with Crippen molar-refractivity contribution in [2.24, 2.45) is 0 Å². The minimum absolute atomic E-state index is 0.0664. The highest BCUT2D eigenvalue weighted by atomic mass is 16.2. The second-order valence-corrected chi connectivity index (χ2v) is 3.44. The van der Waals surface area contributed by atoms with Crippen LogP contribution in [0.15, 0.2) is 0 Å². The van der Waals surface area contributed by atoms with Crippen LogP contribution in [-0.4, -0.2) is 50.1 Å². The van der Waals surface area contributed by atoms with Crippen molar-refractivity contribution in [3.05, 3.63) is 0 Å². The summed E-state index contributed by atoms with van der Waals surface area (Å²) in [5.74, 6) is -0.0664. The van der Waals surface area contributed by atoms with Gasteiger partial charge in [-0.15, -0.1) is 0 Å².